The van der Waals surface area contributed by atoms with E-state index in [4.69, 9.17) is 5.73 Å². The van der Waals surface area contributed by atoms with Crippen molar-refractivity contribution in [3.8, 4) is 0 Å². The lowest BCUT2D eigenvalue weighted by atomic mass is 10.0. The predicted octanol–water partition coefficient (Wildman–Crippen LogP) is 0.460. The van der Waals surface area contributed by atoms with E-state index in [1.54, 1.807) is 0 Å². The lowest BCUT2D eigenvalue weighted by molar-refractivity contribution is -0.135. The summed E-state index contributed by atoms with van der Waals surface area (Å²) in [6.45, 7) is 9.05. The summed E-state index contributed by atoms with van der Waals surface area (Å²) in [5.74, 6) is 0.156. The molecule has 3 saturated heterocycles. The summed E-state index contributed by atoms with van der Waals surface area (Å²) in [6, 6.07) is 0.360. The van der Waals surface area contributed by atoms with E-state index in [0.717, 1.165) is 45.8 Å². The van der Waals surface area contributed by atoms with Gasteiger partial charge in [0.25, 0.3) is 0 Å². The number of likely N-dealkylation sites (tertiary alicyclic amines) is 2. The normalized spacial score (nSPS) is 26.2. The SMILES string of the molecule is CN1CCC(N2CCN(C(=O)[C@H](N)CN3CCCCC3)CC2)CC1.Cl. The fourth-order valence-electron chi connectivity index (χ4n) is 4.40. The summed E-state index contributed by atoms with van der Waals surface area (Å²) in [5.41, 5.74) is 6.22. The Kier molecular flexibility index (Phi) is 8.42. The molecule has 7 heteroatoms. The molecule has 146 valence electrons. The Balaban J connectivity index is 0.00000225. The van der Waals surface area contributed by atoms with Gasteiger partial charge in [-0.25, -0.2) is 0 Å². The fraction of sp³-hybridized carbons (Fsp3) is 0.944. The molecular weight excluding hydrogens is 338 g/mol. The largest absolute Gasteiger partial charge is 0.339 e. The van der Waals surface area contributed by atoms with Gasteiger partial charge in [0.15, 0.2) is 0 Å². The van der Waals surface area contributed by atoms with E-state index in [1.165, 1.54) is 45.2 Å². The van der Waals surface area contributed by atoms with Gasteiger partial charge in [-0.2, -0.15) is 0 Å². The number of piperazine rings is 1. The monoisotopic (exact) mass is 373 g/mol. The molecule has 0 aliphatic carbocycles. The molecule has 6 nitrogen and oxygen atoms in total. The van der Waals surface area contributed by atoms with Gasteiger partial charge in [0.2, 0.25) is 5.91 Å². The second-order valence-corrected chi connectivity index (χ2v) is 7.86. The zero-order valence-corrected chi connectivity index (χ0v) is 16.6. The number of hydrogen-bond acceptors (Lipinski definition) is 5. The van der Waals surface area contributed by atoms with Crippen molar-refractivity contribution in [3.63, 3.8) is 0 Å². The van der Waals surface area contributed by atoms with Crippen LogP contribution in [0.3, 0.4) is 0 Å². The van der Waals surface area contributed by atoms with E-state index in [-0.39, 0.29) is 24.4 Å². The van der Waals surface area contributed by atoms with Gasteiger partial charge >= 0.3 is 0 Å². The van der Waals surface area contributed by atoms with Gasteiger partial charge in [-0.15, -0.1) is 12.4 Å². The maximum absolute atomic E-state index is 12.6. The molecule has 3 rings (SSSR count). The van der Waals surface area contributed by atoms with Crippen LogP contribution in [0.15, 0.2) is 0 Å². The molecule has 0 unspecified atom stereocenters. The Hall–Kier alpha value is -0.400. The fourth-order valence-corrected chi connectivity index (χ4v) is 4.40. The highest BCUT2D eigenvalue weighted by Gasteiger charge is 2.30. The van der Waals surface area contributed by atoms with Crippen LogP contribution in [-0.4, -0.2) is 104 Å². The van der Waals surface area contributed by atoms with Crippen LogP contribution in [0, 0.1) is 0 Å². The summed E-state index contributed by atoms with van der Waals surface area (Å²) in [6.07, 6.45) is 6.34. The Bertz CT molecular complexity index is 402. The third-order valence-corrected chi connectivity index (χ3v) is 6.05. The second kappa shape index (κ2) is 10.1. The quantitative estimate of drug-likeness (QED) is 0.775. The van der Waals surface area contributed by atoms with E-state index in [2.05, 4.69) is 21.7 Å². The van der Waals surface area contributed by atoms with Crippen molar-refractivity contribution in [2.45, 2.75) is 44.2 Å². The molecule has 0 aromatic heterocycles. The highest BCUT2D eigenvalue weighted by Crippen LogP contribution is 2.18. The van der Waals surface area contributed by atoms with Crippen LogP contribution < -0.4 is 5.73 Å². The maximum atomic E-state index is 12.6. The first-order chi connectivity index (χ1) is 11.6. The number of rotatable bonds is 4. The van der Waals surface area contributed by atoms with Crippen molar-refractivity contribution < 1.29 is 4.79 Å². The third-order valence-electron chi connectivity index (χ3n) is 6.05. The Morgan fingerprint density at radius 3 is 2.16 bits per heavy atom. The highest BCUT2D eigenvalue weighted by molar-refractivity contribution is 5.85. The molecule has 0 spiro atoms. The smallest absolute Gasteiger partial charge is 0.240 e. The molecule has 0 saturated carbocycles. The molecule has 1 atom stereocenters. The average molecular weight is 374 g/mol. The van der Waals surface area contributed by atoms with E-state index < -0.39 is 0 Å². The van der Waals surface area contributed by atoms with Crippen molar-refractivity contribution >= 4 is 18.3 Å². The standard InChI is InChI=1S/C18H35N5O.ClH/c1-20-9-5-16(6-10-20)22-11-13-23(14-12-22)18(24)17(19)15-21-7-3-2-4-8-21;/h16-17H,2-15,19H2,1H3;1H/t17-;/m1./s1. The summed E-state index contributed by atoms with van der Waals surface area (Å²) >= 11 is 0. The summed E-state index contributed by atoms with van der Waals surface area (Å²) in [7, 11) is 2.20. The molecule has 0 aromatic carbocycles. The van der Waals surface area contributed by atoms with Gasteiger partial charge in [0, 0.05) is 38.8 Å². The predicted molar refractivity (Wildman–Crippen MR) is 104 cm³/mol. The Morgan fingerprint density at radius 2 is 1.56 bits per heavy atom. The van der Waals surface area contributed by atoms with Crippen LogP contribution in [0.2, 0.25) is 0 Å². The molecule has 3 fully saturated rings. The number of carbonyl (C=O) groups is 1. The van der Waals surface area contributed by atoms with Crippen LogP contribution >= 0.6 is 12.4 Å². The zero-order chi connectivity index (χ0) is 16.9. The lowest BCUT2D eigenvalue weighted by Crippen LogP contribution is -2.58. The summed E-state index contributed by atoms with van der Waals surface area (Å²) < 4.78 is 0. The van der Waals surface area contributed by atoms with Gasteiger partial charge < -0.3 is 20.4 Å². The minimum Gasteiger partial charge on any atom is -0.339 e. The molecule has 25 heavy (non-hydrogen) atoms. The molecule has 3 aliphatic heterocycles. The minimum absolute atomic E-state index is 0. The number of halogens is 1. The van der Waals surface area contributed by atoms with E-state index in [1.807, 2.05) is 4.90 Å². The van der Waals surface area contributed by atoms with Gasteiger partial charge in [-0.1, -0.05) is 6.42 Å². The van der Waals surface area contributed by atoms with Crippen molar-refractivity contribution in [3.05, 3.63) is 0 Å². The topological polar surface area (TPSA) is 56.1 Å². The van der Waals surface area contributed by atoms with Gasteiger partial charge in [-0.3, -0.25) is 9.69 Å². The Morgan fingerprint density at radius 1 is 0.960 bits per heavy atom. The van der Waals surface area contributed by atoms with Gasteiger partial charge in [-0.05, 0) is 58.9 Å². The van der Waals surface area contributed by atoms with E-state index in [9.17, 15) is 4.79 Å². The van der Waals surface area contributed by atoms with Crippen molar-refractivity contribution in [1.29, 1.82) is 0 Å². The van der Waals surface area contributed by atoms with E-state index >= 15 is 0 Å². The van der Waals surface area contributed by atoms with Crippen LogP contribution in [0.1, 0.15) is 32.1 Å². The zero-order valence-electron chi connectivity index (χ0n) is 15.7. The van der Waals surface area contributed by atoms with Gasteiger partial charge in [0.05, 0.1) is 6.04 Å². The molecule has 3 heterocycles. The van der Waals surface area contributed by atoms with Crippen LogP contribution in [0.4, 0.5) is 0 Å². The highest BCUT2D eigenvalue weighted by atomic mass is 35.5. The molecule has 0 aromatic rings. The molecule has 1 amide bonds. The number of carbonyl (C=O) groups excluding carboxylic acids is 1. The number of amides is 1. The Labute approximate surface area is 159 Å². The van der Waals surface area contributed by atoms with Gasteiger partial charge in [0.1, 0.15) is 0 Å². The van der Waals surface area contributed by atoms with Crippen LogP contribution in [0.25, 0.3) is 0 Å². The molecule has 0 radical (unpaired) electrons. The van der Waals surface area contributed by atoms with Crippen LogP contribution in [0.5, 0.6) is 0 Å². The summed E-state index contributed by atoms with van der Waals surface area (Å²) in [4.78, 5) is 22.0. The third kappa shape index (κ3) is 5.79. The average Bonchev–Trinajstić information content (AvgIpc) is 2.63. The first kappa shape index (κ1) is 20.9. The van der Waals surface area contributed by atoms with Crippen molar-refractivity contribution in [2.75, 3.05) is 66.0 Å². The van der Waals surface area contributed by atoms with Crippen molar-refractivity contribution in [1.82, 2.24) is 19.6 Å². The van der Waals surface area contributed by atoms with E-state index in [0.29, 0.717) is 6.04 Å². The number of hydrogen-bond donors (Lipinski definition) is 1. The first-order valence-corrected chi connectivity index (χ1v) is 9.83. The first-order valence-electron chi connectivity index (χ1n) is 9.83. The summed E-state index contributed by atoms with van der Waals surface area (Å²) in [5, 5.41) is 0. The molecular formula is C18H36ClN5O. The molecule has 2 N–H and O–H groups in total. The number of nitrogens with two attached hydrogens (primary N) is 1. The van der Waals surface area contributed by atoms with Crippen LogP contribution in [-0.2, 0) is 4.79 Å². The molecule has 0 bridgehead atoms. The number of piperidine rings is 2. The van der Waals surface area contributed by atoms with Crippen molar-refractivity contribution in [2.24, 2.45) is 5.73 Å². The maximum Gasteiger partial charge on any atom is 0.240 e. The minimum atomic E-state index is -0.349. The number of nitrogens with zero attached hydrogens (tertiary/aromatic N) is 4. The lowest BCUT2D eigenvalue weighted by Gasteiger charge is -2.42. The second-order valence-electron chi connectivity index (χ2n) is 7.86. The molecule has 3 aliphatic rings.